The highest BCUT2D eigenvalue weighted by Crippen LogP contribution is 2.37. The number of aromatic amines is 1. The molecule has 1 aromatic rings. The highest BCUT2D eigenvalue weighted by molar-refractivity contribution is 5.24. The van der Waals surface area contributed by atoms with Gasteiger partial charge in [0, 0.05) is 5.92 Å². The van der Waals surface area contributed by atoms with Gasteiger partial charge in [-0.05, 0) is 19.8 Å². The van der Waals surface area contributed by atoms with Crippen LogP contribution in [0, 0.1) is 6.92 Å². The monoisotopic (exact) mass is 180 g/mol. The Morgan fingerprint density at radius 3 is 2.69 bits per heavy atom. The van der Waals surface area contributed by atoms with Crippen LogP contribution in [0.25, 0.3) is 0 Å². The van der Waals surface area contributed by atoms with Crippen LogP contribution in [0.1, 0.15) is 30.3 Å². The molecule has 1 saturated carbocycles. The molecule has 0 aliphatic heterocycles. The second-order valence-electron chi connectivity index (χ2n) is 3.34. The standard InChI is InChI=1S/C9H12N2O2/c1-5-7(13-2)9(12)11-8(10-5)6-3-4-6/h6H,3-4H2,1-2H3,(H,10,11,12). The first-order chi connectivity index (χ1) is 6.22. The van der Waals surface area contributed by atoms with Crippen molar-refractivity contribution in [1.29, 1.82) is 0 Å². The first kappa shape index (κ1) is 8.29. The van der Waals surface area contributed by atoms with Crippen LogP contribution in [0.2, 0.25) is 0 Å². The zero-order valence-corrected chi connectivity index (χ0v) is 7.76. The quantitative estimate of drug-likeness (QED) is 0.737. The van der Waals surface area contributed by atoms with E-state index in [0.717, 1.165) is 18.7 Å². The summed E-state index contributed by atoms with van der Waals surface area (Å²) in [4.78, 5) is 18.4. The summed E-state index contributed by atoms with van der Waals surface area (Å²) >= 11 is 0. The lowest BCUT2D eigenvalue weighted by Crippen LogP contribution is -2.15. The first-order valence-corrected chi connectivity index (χ1v) is 4.37. The Morgan fingerprint density at radius 1 is 1.54 bits per heavy atom. The molecule has 0 spiro atoms. The van der Waals surface area contributed by atoms with E-state index < -0.39 is 0 Å². The first-order valence-electron chi connectivity index (χ1n) is 4.37. The highest BCUT2D eigenvalue weighted by atomic mass is 16.5. The summed E-state index contributed by atoms with van der Waals surface area (Å²) in [6.07, 6.45) is 2.27. The van der Waals surface area contributed by atoms with E-state index in [1.54, 1.807) is 6.92 Å². The molecule has 1 N–H and O–H groups in total. The molecule has 4 heteroatoms. The fourth-order valence-electron chi connectivity index (χ4n) is 1.39. The minimum Gasteiger partial charge on any atom is -0.490 e. The highest BCUT2D eigenvalue weighted by Gasteiger charge is 2.27. The molecule has 1 aliphatic rings. The summed E-state index contributed by atoms with van der Waals surface area (Å²) in [6, 6.07) is 0. The number of aryl methyl sites for hydroxylation is 1. The third kappa shape index (κ3) is 1.43. The van der Waals surface area contributed by atoms with Gasteiger partial charge in [-0.3, -0.25) is 4.79 Å². The Kier molecular flexibility index (Phi) is 1.83. The molecule has 2 rings (SSSR count). The molecular formula is C9H12N2O2. The SMILES string of the molecule is COc1c(C)nc(C2CC2)[nH]c1=O. The van der Waals surface area contributed by atoms with Gasteiger partial charge in [0.2, 0.25) is 5.75 Å². The van der Waals surface area contributed by atoms with Crippen LogP contribution in [0.3, 0.4) is 0 Å². The van der Waals surface area contributed by atoms with Crippen LogP contribution < -0.4 is 10.3 Å². The van der Waals surface area contributed by atoms with E-state index in [2.05, 4.69) is 9.97 Å². The van der Waals surface area contributed by atoms with Gasteiger partial charge in [0.05, 0.1) is 12.8 Å². The molecule has 0 atom stereocenters. The fraction of sp³-hybridized carbons (Fsp3) is 0.556. The second-order valence-corrected chi connectivity index (χ2v) is 3.34. The summed E-state index contributed by atoms with van der Waals surface area (Å²) < 4.78 is 4.92. The van der Waals surface area contributed by atoms with Crippen molar-refractivity contribution in [3.63, 3.8) is 0 Å². The number of ether oxygens (including phenoxy) is 1. The number of hydrogen-bond acceptors (Lipinski definition) is 3. The van der Waals surface area contributed by atoms with Gasteiger partial charge in [0.1, 0.15) is 5.82 Å². The van der Waals surface area contributed by atoms with Crippen LogP contribution in [-0.2, 0) is 0 Å². The van der Waals surface area contributed by atoms with E-state index in [1.807, 2.05) is 0 Å². The van der Waals surface area contributed by atoms with Gasteiger partial charge < -0.3 is 9.72 Å². The minimum absolute atomic E-state index is 0.170. The molecule has 70 valence electrons. The molecule has 4 nitrogen and oxygen atoms in total. The van der Waals surface area contributed by atoms with Gasteiger partial charge in [-0.2, -0.15) is 0 Å². The average molecular weight is 180 g/mol. The Bertz CT molecular complexity index is 380. The summed E-state index contributed by atoms with van der Waals surface area (Å²) in [7, 11) is 1.48. The molecule has 0 aromatic carbocycles. The number of hydrogen-bond donors (Lipinski definition) is 1. The Balaban J connectivity index is 2.48. The summed E-state index contributed by atoms with van der Waals surface area (Å²) in [5, 5.41) is 0. The fourth-order valence-corrected chi connectivity index (χ4v) is 1.39. The molecule has 0 saturated heterocycles. The van der Waals surface area contributed by atoms with E-state index in [0.29, 0.717) is 17.4 Å². The van der Waals surface area contributed by atoms with E-state index in [4.69, 9.17) is 4.74 Å². The predicted molar refractivity (Wildman–Crippen MR) is 48.1 cm³/mol. The summed E-state index contributed by atoms with van der Waals surface area (Å²) in [5.74, 6) is 1.60. The Hall–Kier alpha value is -1.32. The van der Waals surface area contributed by atoms with Crippen LogP contribution in [0.15, 0.2) is 4.79 Å². The van der Waals surface area contributed by atoms with Gasteiger partial charge in [0.25, 0.3) is 5.56 Å². The zero-order valence-electron chi connectivity index (χ0n) is 7.76. The molecular weight excluding hydrogens is 168 g/mol. The molecule has 1 fully saturated rings. The van der Waals surface area contributed by atoms with E-state index in [-0.39, 0.29) is 5.56 Å². The van der Waals surface area contributed by atoms with Crippen molar-refractivity contribution in [1.82, 2.24) is 9.97 Å². The van der Waals surface area contributed by atoms with Gasteiger partial charge in [-0.15, -0.1) is 0 Å². The number of methoxy groups -OCH3 is 1. The third-order valence-corrected chi connectivity index (χ3v) is 2.23. The summed E-state index contributed by atoms with van der Waals surface area (Å²) in [5.41, 5.74) is 0.505. The Morgan fingerprint density at radius 2 is 2.23 bits per heavy atom. The lowest BCUT2D eigenvalue weighted by molar-refractivity contribution is 0.401. The topological polar surface area (TPSA) is 55.0 Å². The van der Waals surface area contributed by atoms with Gasteiger partial charge >= 0.3 is 0 Å². The summed E-state index contributed by atoms with van der Waals surface area (Å²) in [6.45, 7) is 1.79. The predicted octanol–water partition coefficient (Wildman–Crippen LogP) is 0.964. The van der Waals surface area contributed by atoms with Gasteiger partial charge in [-0.25, -0.2) is 4.98 Å². The minimum atomic E-state index is -0.170. The lowest BCUT2D eigenvalue weighted by atomic mass is 10.3. The number of nitrogens with one attached hydrogen (secondary N) is 1. The smallest absolute Gasteiger partial charge is 0.293 e. The number of aromatic nitrogens is 2. The van der Waals surface area contributed by atoms with Crippen molar-refractivity contribution in [3.05, 3.63) is 21.9 Å². The molecule has 0 unspecified atom stereocenters. The maximum absolute atomic E-state index is 11.4. The van der Waals surface area contributed by atoms with E-state index in [1.165, 1.54) is 7.11 Å². The molecule has 1 aliphatic carbocycles. The largest absolute Gasteiger partial charge is 0.490 e. The van der Waals surface area contributed by atoms with Crippen molar-refractivity contribution < 1.29 is 4.74 Å². The van der Waals surface area contributed by atoms with E-state index in [9.17, 15) is 4.79 Å². The molecule has 1 aromatic heterocycles. The van der Waals surface area contributed by atoms with Crippen LogP contribution in [0.4, 0.5) is 0 Å². The van der Waals surface area contributed by atoms with Gasteiger partial charge in [-0.1, -0.05) is 0 Å². The average Bonchev–Trinajstić information content (AvgIpc) is 2.85. The normalized spacial score (nSPS) is 15.8. The Labute approximate surface area is 76.0 Å². The van der Waals surface area contributed by atoms with Crippen molar-refractivity contribution in [2.45, 2.75) is 25.7 Å². The number of nitrogens with zero attached hydrogens (tertiary/aromatic N) is 1. The lowest BCUT2D eigenvalue weighted by Gasteiger charge is -2.04. The molecule has 0 amide bonds. The molecule has 1 heterocycles. The van der Waals surface area contributed by atoms with Crippen molar-refractivity contribution in [2.24, 2.45) is 0 Å². The zero-order chi connectivity index (χ0) is 9.42. The van der Waals surface area contributed by atoms with Crippen molar-refractivity contribution in [2.75, 3.05) is 7.11 Å². The van der Waals surface area contributed by atoms with Crippen molar-refractivity contribution >= 4 is 0 Å². The maximum atomic E-state index is 11.4. The molecule has 13 heavy (non-hydrogen) atoms. The van der Waals surface area contributed by atoms with E-state index >= 15 is 0 Å². The van der Waals surface area contributed by atoms with Gasteiger partial charge in [0.15, 0.2) is 0 Å². The van der Waals surface area contributed by atoms with Crippen molar-refractivity contribution in [3.8, 4) is 5.75 Å². The second kappa shape index (κ2) is 2.87. The third-order valence-electron chi connectivity index (χ3n) is 2.23. The van der Waals surface area contributed by atoms with Crippen LogP contribution in [0.5, 0.6) is 5.75 Å². The molecule has 0 bridgehead atoms. The van der Waals surface area contributed by atoms with Crippen LogP contribution >= 0.6 is 0 Å². The maximum Gasteiger partial charge on any atom is 0.293 e. The van der Waals surface area contributed by atoms with Crippen LogP contribution in [-0.4, -0.2) is 17.1 Å². The number of rotatable bonds is 2. The number of H-pyrrole nitrogens is 1. The molecule has 0 radical (unpaired) electrons.